The first-order chi connectivity index (χ1) is 12.9. The molecule has 1 aromatic carbocycles. The van der Waals surface area contributed by atoms with Crippen LogP contribution in [0.25, 0.3) is 0 Å². The summed E-state index contributed by atoms with van der Waals surface area (Å²) in [5, 5.41) is 3.18. The number of hydrogen-bond acceptors (Lipinski definition) is 6. The third-order valence-corrected chi connectivity index (χ3v) is 6.25. The molecule has 0 radical (unpaired) electrons. The quantitative estimate of drug-likeness (QED) is 0.809. The van der Waals surface area contributed by atoms with Gasteiger partial charge in [0.25, 0.3) is 0 Å². The van der Waals surface area contributed by atoms with Crippen molar-refractivity contribution in [3.63, 3.8) is 0 Å². The van der Waals surface area contributed by atoms with Crippen molar-refractivity contribution in [2.45, 2.75) is 19.6 Å². The highest BCUT2D eigenvalue weighted by molar-refractivity contribution is 7.88. The Hall–Kier alpha value is -2.26. The minimum atomic E-state index is -3.44. The van der Waals surface area contributed by atoms with Gasteiger partial charge in [-0.1, -0.05) is 12.1 Å². The molecule has 7 nitrogen and oxygen atoms in total. The molecule has 2 aromatic rings. The first-order valence-corrected chi connectivity index (χ1v) is 10.5. The van der Waals surface area contributed by atoms with Crippen LogP contribution in [0.5, 0.6) is 0 Å². The summed E-state index contributed by atoms with van der Waals surface area (Å²) < 4.78 is 39.8. The van der Waals surface area contributed by atoms with Crippen LogP contribution in [0.3, 0.4) is 0 Å². The lowest BCUT2D eigenvalue weighted by molar-refractivity contribution is 0.383. The maximum atomic E-state index is 13.0. The van der Waals surface area contributed by atoms with Gasteiger partial charge in [-0.15, -0.1) is 0 Å². The Labute approximate surface area is 159 Å². The van der Waals surface area contributed by atoms with Crippen molar-refractivity contribution in [1.29, 1.82) is 0 Å². The summed E-state index contributed by atoms with van der Waals surface area (Å²) in [6.07, 6.45) is 0. The lowest BCUT2D eigenvalue weighted by atomic mass is 10.2. The predicted molar refractivity (Wildman–Crippen MR) is 104 cm³/mol. The Morgan fingerprint density at radius 3 is 2.41 bits per heavy atom. The Kier molecular flexibility index (Phi) is 5.91. The van der Waals surface area contributed by atoms with Crippen LogP contribution in [0, 0.1) is 12.7 Å². The van der Waals surface area contributed by atoms with E-state index in [-0.39, 0.29) is 11.6 Å². The number of benzene rings is 1. The SMILES string of the molecule is CCNc1cc(N2CCN(S(=O)(=O)Cc3ccc(F)cc3)CC2)nc(C)n1. The van der Waals surface area contributed by atoms with Crippen molar-refractivity contribution < 1.29 is 12.8 Å². The maximum Gasteiger partial charge on any atom is 0.218 e. The van der Waals surface area contributed by atoms with Crippen LogP contribution in [-0.4, -0.2) is 55.4 Å². The van der Waals surface area contributed by atoms with Crippen molar-refractivity contribution in [3.8, 4) is 0 Å². The minimum absolute atomic E-state index is 0.121. The van der Waals surface area contributed by atoms with E-state index in [2.05, 4.69) is 20.2 Å². The third kappa shape index (κ3) is 4.92. The molecular formula is C18H24FN5O2S. The summed E-state index contributed by atoms with van der Waals surface area (Å²) in [6, 6.07) is 7.47. The molecule has 0 amide bonds. The van der Waals surface area contributed by atoms with E-state index in [9.17, 15) is 12.8 Å². The van der Waals surface area contributed by atoms with E-state index >= 15 is 0 Å². The number of halogens is 1. The van der Waals surface area contributed by atoms with E-state index in [4.69, 9.17) is 0 Å². The first kappa shape index (κ1) is 19.5. The third-order valence-electron chi connectivity index (χ3n) is 4.40. The van der Waals surface area contributed by atoms with E-state index in [1.165, 1.54) is 28.6 Å². The summed E-state index contributed by atoms with van der Waals surface area (Å²) >= 11 is 0. The number of sulfonamides is 1. The van der Waals surface area contributed by atoms with Gasteiger partial charge in [0.15, 0.2) is 0 Å². The molecule has 0 spiro atoms. The fourth-order valence-corrected chi connectivity index (χ4v) is 4.58. The van der Waals surface area contributed by atoms with Crippen molar-refractivity contribution in [2.24, 2.45) is 0 Å². The molecule has 1 aliphatic heterocycles. The molecule has 1 aromatic heterocycles. The summed E-state index contributed by atoms with van der Waals surface area (Å²) in [7, 11) is -3.44. The molecule has 1 saturated heterocycles. The van der Waals surface area contributed by atoms with E-state index in [1.54, 1.807) is 0 Å². The van der Waals surface area contributed by atoms with Crippen LogP contribution in [0.4, 0.5) is 16.0 Å². The number of hydrogen-bond donors (Lipinski definition) is 1. The van der Waals surface area contributed by atoms with Gasteiger partial charge in [-0.2, -0.15) is 4.31 Å². The number of nitrogens with one attached hydrogen (secondary N) is 1. The first-order valence-electron chi connectivity index (χ1n) is 8.94. The molecule has 1 N–H and O–H groups in total. The Bertz CT molecular complexity index is 881. The van der Waals surface area contributed by atoms with Crippen LogP contribution in [0.15, 0.2) is 30.3 Å². The molecule has 146 valence electrons. The molecule has 1 aliphatic rings. The van der Waals surface area contributed by atoms with Crippen LogP contribution in [0.2, 0.25) is 0 Å². The molecule has 0 bridgehead atoms. The average Bonchev–Trinajstić information content (AvgIpc) is 2.63. The van der Waals surface area contributed by atoms with E-state index in [0.717, 1.165) is 18.2 Å². The molecule has 0 atom stereocenters. The standard InChI is InChI=1S/C18H24FN5O2S/c1-3-20-17-12-18(22-14(2)21-17)23-8-10-24(11-9-23)27(25,26)13-15-4-6-16(19)7-5-15/h4-7,12H,3,8-11,13H2,1-2H3,(H,20,21,22). The zero-order chi connectivity index (χ0) is 19.4. The van der Waals surface area contributed by atoms with Gasteiger partial charge < -0.3 is 10.2 Å². The second kappa shape index (κ2) is 8.18. The number of nitrogens with zero attached hydrogens (tertiary/aromatic N) is 4. The number of aryl methyl sites for hydroxylation is 1. The minimum Gasteiger partial charge on any atom is -0.370 e. The molecule has 0 unspecified atom stereocenters. The molecule has 9 heteroatoms. The van der Waals surface area contributed by atoms with E-state index in [0.29, 0.717) is 37.6 Å². The lowest BCUT2D eigenvalue weighted by Crippen LogP contribution is -2.49. The maximum absolute atomic E-state index is 13.0. The Morgan fingerprint density at radius 2 is 1.78 bits per heavy atom. The number of piperazine rings is 1. The normalized spacial score (nSPS) is 15.7. The summed E-state index contributed by atoms with van der Waals surface area (Å²) in [5.41, 5.74) is 0.584. The van der Waals surface area contributed by atoms with Gasteiger partial charge >= 0.3 is 0 Å². The number of anilines is 2. The van der Waals surface area contributed by atoms with Crippen LogP contribution in [0.1, 0.15) is 18.3 Å². The van der Waals surface area contributed by atoms with Crippen molar-refractivity contribution in [1.82, 2.24) is 14.3 Å². The highest BCUT2D eigenvalue weighted by Crippen LogP contribution is 2.20. The molecule has 2 heterocycles. The van der Waals surface area contributed by atoms with Crippen molar-refractivity contribution >= 4 is 21.7 Å². The fourth-order valence-electron chi connectivity index (χ4n) is 3.06. The summed E-state index contributed by atoms with van der Waals surface area (Å²) in [6.45, 7) is 6.52. The summed E-state index contributed by atoms with van der Waals surface area (Å²) in [4.78, 5) is 10.9. The van der Waals surface area contributed by atoms with Gasteiger partial charge in [-0.3, -0.25) is 0 Å². The zero-order valence-electron chi connectivity index (χ0n) is 15.5. The molecule has 0 aliphatic carbocycles. The zero-order valence-corrected chi connectivity index (χ0v) is 16.3. The van der Waals surface area contributed by atoms with Crippen molar-refractivity contribution in [3.05, 3.63) is 47.5 Å². The smallest absolute Gasteiger partial charge is 0.218 e. The van der Waals surface area contributed by atoms with E-state index in [1.807, 2.05) is 19.9 Å². The molecule has 0 saturated carbocycles. The van der Waals surface area contributed by atoms with Crippen LogP contribution >= 0.6 is 0 Å². The van der Waals surface area contributed by atoms with Gasteiger partial charge in [-0.05, 0) is 31.5 Å². The Morgan fingerprint density at radius 1 is 1.11 bits per heavy atom. The second-order valence-corrected chi connectivity index (χ2v) is 8.43. The number of rotatable bonds is 6. The average molecular weight is 393 g/mol. The summed E-state index contributed by atoms with van der Waals surface area (Å²) in [5.74, 6) is 1.75. The highest BCUT2D eigenvalue weighted by atomic mass is 32.2. The molecule has 27 heavy (non-hydrogen) atoms. The van der Waals surface area contributed by atoms with Crippen LogP contribution in [-0.2, 0) is 15.8 Å². The lowest BCUT2D eigenvalue weighted by Gasteiger charge is -2.34. The van der Waals surface area contributed by atoms with E-state index < -0.39 is 10.0 Å². The Balaban J connectivity index is 1.65. The monoisotopic (exact) mass is 393 g/mol. The molecular weight excluding hydrogens is 369 g/mol. The highest BCUT2D eigenvalue weighted by Gasteiger charge is 2.28. The molecule has 3 rings (SSSR count). The topological polar surface area (TPSA) is 78.4 Å². The number of aromatic nitrogens is 2. The van der Waals surface area contributed by atoms with Gasteiger partial charge in [0.05, 0.1) is 5.75 Å². The fraction of sp³-hybridized carbons (Fsp3) is 0.444. The van der Waals surface area contributed by atoms with Gasteiger partial charge in [0.2, 0.25) is 10.0 Å². The van der Waals surface area contributed by atoms with Gasteiger partial charge in [0, 0.05) is 38.8 Å². The predicted octanol–water partition coefficient (Wildman–Crippen LogP) is 2.01. The van der Waals surface area contributed by atoms with Crippen molar-refractivity contribution in [2.75, 3.05) is 42.9 Å². The van der Waals surface area contributed by atoms with Gasteiger partial charge in [-0.25, -0.2) is 22.8 Å². The van der Waals surface area contributed by atoms with Gasteiger partial charge in [0.1, 0.15) is 23.3 Å². The largest absolute Gasteiger partial charge is 0.370 e. The molecule has 1 fully saturated rings. The second-order valence-electron chi connectivity index (χ2n) is 6.46. The van der Waals surface area contributed by atoms with Crippen LogP contribution < -0.4 is 10.2 Å².